The summed E-state index contributed by atoms with van der Waals surface area (Å²) in [5.41, 5.74) is 3.70. The summed E-state index contributed by atoms with van der Waals surface area (Å²) in [7, 11) is 0. The van der Waals surface area contributed by atoms with E-state index in [4.69, 9.17) is 23.2 Å². The fraction of sp³-hybridized carbons (Fsp3) is 0.294. The predicted octanol–water partition coefficient (Wildman–Crippen LogP) is 6.78. The van der Waals surface area contributed by atoms with Crippen molar-refractivity contribution in [2.45, 2.75) is 31.0 Å². The van der Waals surface area contributed by atoms with Gasteiger partial charge in [-0.1, -0.05) is 90.2 Å². The monoisotopic (exact) mass is 370 g/mol. The topological polar surface area (TPSA) is 0 Å². The van der Waals surface area contributed by atoms with Gasteiger partial charge >= 0.3 is 0 Å². The first-order chi connectivity index (χ1) is 9.29. The van der Waals surface area contributed by atoms with Crippen molar-refractivity contribution in [3.05, 3.63) is 69.2 Å². The largest absolute Gasteiger partial charge is 0.0843 e. The Balaban J connectivity index is 2.31. The molecule has 0 N–H and O–H groups in total. The summed E-state index contributed by atoms with van der Waals surface area (Å²) in [5.74, 6) is 0. The second-order valence-corrected chi connectivity index (χ2v) is 7.66. The fourth-order valence-electron chi connectivity index (χ4n) is 2.04. The van der Waals surface area contributed by atoms with Crippen LogP contribution in [0.5, 0.6) is 0 Å². The lowest BCUT2D eigenvalue weighted by molar-refractivity contribution is 0.590. The van der Waals surface area contributed by atoms with Gasteiger partial charge in [-0.2, -0.15) is 0 Å². The molecule has 0 bridgehead atoms. The second-order valence-electron chi connectivity index (χ2n) is 5.90. The Labute approximate surface area is 139 Å². The van der Waals surface area contributed by atoms with Crippen LogP contribution in [0.15, 0.2) is 42.5 Å². The van der Waals surface area contributed by atoms with Gasteiger partial charge in [0.05, 0.1) is 4.83 Å². The highest BCUT2D eigenvalue weighted by molar-refractivity contribution is 9.09. The zero-order valence-corrected chi connectivity index (χ0v) is 14.9. The molecular weight excluding hydrogens is 355 g/mol. The van der Waals surface area contributed by atoms with Gasteiger partial charge in [0.1, 0.15) is 0 Å². The maximum absolute atomic E-state index is 6.26. The fourth-order valence-corrected chi connectivity index (χ4v) is 3.39. The third-order valence-corrected chi connectivity index (χ3v) is 4.89. The molecule has 2 aromatic rings. The van der Waals surface area contributed by atoms with Crippen molar-refractivity contribution >= 4 is 39.1 Å². The molecule has 0 radical (unpaired) electrons. The molecule has 0 fully saturated rings. The standard InChI is InChI=1S/C17H17BrCl2/c1-17(2,3)12-6-4-11(5-7-12)16(18)14-9-8-13(19)10-15(14)20/h4-10,16H,1-3H3. The highest BCUT2D eigenvalue weighted by Crippen LogP contribution is 2.37. The third-order valence-electron chi connectivity index (χ3n) is 3.30. The van der Waals surface area contributed by atoms with Gasteiger partial charge in [-0.25, -0.2) is 0 Å². The van der Waals surface area contributed by atoms with E-state index in [9.17, 15) is 0 Å². The van der Waals surface area contributed by atoms with E-state index in [-0.39, 0.29) is 10.2 Å². The second kappa shape index (κ2) is 6.09. The molecule has 1 unspecified atom stereocenters. The minimum absolute atomic E-state index is 0.0706. The number of benzene rings is 2. The molecule has 0 aliphatic rings. The van der Waals surface area contributed by atoms with Crippen LogP contribution < -0.4 is 0 Å². The van der Waals surface area contributed by atoms with Crippen LogP contribution in [-0.2, 0) is 5.41 Å². The molecule has 2 aromatic carbocycles. The van der Waals surface area contributed by atoms with Gasteiger partial charge in [0.15, 0.2) is 0 Å². The van der Waals surface area contributed by atoms with Crippen LogP contribution in [-0.4, -0.2) is 0 Å². The van der Waals surface area contributed by atoms with Crippen molar-refractivity contribution < 1.29 is 0 Å². The SMILES string of the molecule is CC(C)(C)c1ccc(C(Br)c2ccc(Cl)cc2Cl)cc1. The summed E-state index contributed by atoms with van der Waals surface area (Å²) in [6.07, 6.45) is 0. The van der Waals surface area contributed by atoms with Crippen LogP contribution in [0.25, 0.3) is 0 Å². The molecule has 0 aromatic heterocycles. The zero-order valence-electron chi connectivity index (χ0n) is 11.8. The molecular formula is C17H17BrCl2. The van der Waals surface area contributed by atoms with Crippen molar-refractivity contribution in [1.29, 1.82) is 0 Å². The van der Waals surface area contributed by atoms with Crippen LogP contribution in [0, 0.1) is 0 Å². The third kappa shape index (κ3) is 3.58. The molecule has 0 nitrogen and oxygen atoms in total. The first-order valence-electron chi connectivity index (χ1n) is 6.48. The minimum atomic E-state index is 0.0706. The van der Waals surface area contributed by atoms with E-state index in [0.29, 0.717) is 10.0 Å². The van der Waals surface area contributed by atoms with Gasteiger partial charge in [0.2, 0.25) is 0 Å². The number of alkyl halides is 1. The van der Waals surface area contributed by atoms with Gasteiger partial charge < -0.3 is 0 Å². The first kappa shape index (κ1) is 15.9. The molecule has 0 saturated carbocycles. The van der Waals surface area contributed by atoms with E-state index in [2.05, 4.69) is 61.0 Å². The highest BCUT2D eigenvalue weighted by atomic mass is 79.9. The van der Waals surface area contributed by atoms with Gasteiger partial charge in [-0.3, -0.25) is 0 Å². The zero-order chi connectivity index (χ0) is 14.9. The quantitative estimate of drug-likeness (QED) is 0.510. The van der Waals surface area contributed by atoms with Gasteiger partial charge in [-0.15, -0.1) is 0 Å². The summed E-state index contributed by atoms with van der Waals surface area (Å²) < 4.78 is 0. The maximum atomic E-state index is 6.26. The average molecular weight is 372 g/mol. The van der Waals surface area contributed by atoms with E-state index in [1.807, 2.05) is 12.1 Å². The number of hydrogen-bond donors (Lipinski definition) is 0. The van der Waals surface area contributed by atoms with Crippen molar-refractivity contribution in [3.63, 3.8) is 0 Å². The van der Waals surface area contributed by atoms with Crippen LogP contribution in [0.4, 0.5) is 0 Å². The van der Waals surface area contributed by atoms with Crippen molar-refractivity contribution in [2.75, 3.05) is 0 Å². The first-order valence-corrected chi connectivity index (χ1v) is 8.15. The minimum Gasteiger partial charge on any atom is -0.0843 e. The Morgan fingerprint density at radius 3 is 2.05 bits per heavy atom. The summed E-state index contributed by atoms with van der Waals surface area (Å²) in [4.78, 5) is 0.0706. The van der Waals surface area contributed by atoms with Crippen LogP contribution >= 0.6 is 39.1 Å². The van der Waals surface area contributed by atoms with Crippen molar-refractivity contribution in [1.82, 2.24) is 0 Å². The number of hydrogen-bond acceptors (Lipinski definition) is 0. The summed E-state index contributed by atoms with van der Waals surface area (Å²) >= 11 is 15.9. The summed E-state index contributed by atoms with van der Waals surface area (Å²) in [6, 6.07) is 14.2. The van der Waals surface area contributed by atoms with E-state index >= 15 is 0 Å². The molecule has 0 saturated heterocycles. The molecule has 0 aliphatic heterocycles. The maximum Gasteiger partial charge on any atom is 0.0659 e. The van der Waals surface area contributed by atoms with Gasteiger partial charge in [-0.05, 0) is 34.2 Å². The lowest BCUT2D eigenvalue weighted by atomic mass is 9.86. The Morgan fingerprint density at radius 2 is 1.55 bits per heavy atom. The van der Waals surface area contributed by atoms with Crippen LogP contribution in [0.3, 0.4) is 0 Å². The predicted molar refractivity (Wildman–Crippen MR) is 92.4 cm³/mol. The van der Waals surface area contributed by atoms with Crippen LogP contribution in [0.2, 0.25) is 10.0 Å². The van der Waals surface area contributed by atoms with E-state index in [1.54, 1.807) is 6.07 Å². The molecule has 2 rings (SSSR count). The lowest BCUT2D eigenvalue weighted by Crippen LogP contribution is -2.10. The molecule has 0 heterocycles. The average Bonchev–Trinajstić information content (AvgIpc) is 2.37. The molecule has 0 aliphatic carbocycles. The molecule has 0 spiro atoms. The Bertz CT molecular complexity index is 597. The van der Waals surface area contributed by atoms with Crippen LogP contribution in [0.1, 0.15) is 42.3 Å². The van der Waals surface area contributed by atoms with E-state index < -0.39 is 0 Å². The van der Waals surface area contributed by atoms with E-state index in [1.165, 1.54) is 11.1 Å². The molecule has 3 heteroatoms. The smallest absolute Gasteiger partial charge is 0.0659 e. The summed E-state index contributed by atoms with van der Waals surface area (Å²) in [6.45, 7) is 6.64. The Kier molecular flexibility index (Phi) is 4.84. The highest BCUT2D eigenvalue weighted by Gasteiger charge is 2.17. The Morgan fingerprint density at radius 1 is 0.950 bits per heavy atom. The van der Waals surface area contributed by atoms with Gasteiger partial charge in [0.25, 0.3) is 0 Å². The molecule has 0 amide bonds. The number of halogens is 3. The molecule has 1 atom stereocenters. The van der Waals surface area contributed by atoms with Crippen molar-refractivity contribution in [2.24, 2.45) is 0 Å². The summed E-state index contributed by atoms with van der Waals surface area (Å²) in [5, 5.41) is 1.33. The molecule has 20 heavy (non-hydrogen) atoms. The van der Waals surface area contributed by atoms with Gasteiger partial charge in [0, 0.05) is 10.0 Å². The van der Waals surface area contributed by atoms with E-state index in [0.717, 1.165) is 5.56 Å². The Hall–Kier alpha value is -0.500. The molecule has 106 valence electrons. The lowest BCUT2D eigenvalue weighted by Gasteiger charge is -2.20. The normalized spacial score (nSPS) is 13.3. The number of rotatable bonds is 2. The van der Waals surface area contributed by atoms with Crippen molar-refractivity contribution in [3.8, 4) is 0 Å².